The Morgan fingerprint density at radius 3 is 2.59 bits per heavy atom. The van der Waals surface area contributed by atoms with Crippen molar-refractivity contribution in [3.05, 3.63) is 39.8 Å². The van der Waals surface area contributed by atoms with Gasteiger partial charge in [0.15, 0.2) is 0 Å². The normalized spacial score (nSPS) is 30.6. The van der Waals surface area contributed by atoms with Crippen molar-refractivity contribution in [2.75, 3.05) is 0 Å². The molecule has 0 amide bonds. The van der Waals surface area contributed by atoms with E-state index in [9.17, 15) is 0 Å². The second-order valence-electron chi connectivity index (χ2n) is 4.55. The second-order valence-corrected chi connectivity index (χ2v) is 5.81. The molecule has 1 fully saturated rings. The number of nitrogens with one attached hydrogen (secondary N) is 1. The van der Waals surface area contributed by atoms with Crippen LogP contribution in [-0.2, 0) is 0 Å². The van der Waals surface area contributed by atoms with Gasteiger partial charge in [-0.1, -0.05) is 23.8 Å². The minimum Gasteiger partial charge on any atom is -0.490 e. The van der Waals surface area contributed by atoms with E-state index < -0.39 is 0 Å². The Kier molecular flexibility index (Phi) is 3.16. The summed E-state index contributed by atoms with van der Waals surface area (Å²) in [5.41, 5.74) is 0. The van der Waals surface area contributed by atoms with Crippen LogP contribution in [-0.4, -0.2) is 18.2 Å². The summed E-state index contributed by atoms with van der Waals surface area (Å²) in [4.78, 5) is 0. The summed E-state index contributed by atoms with van der Waals surface area (Å²) in [6.07, 6.45) is 6.81. The Morgan fingerprint density at radius 1 is 1.24 bits per heavy atom. The summed E-state index contributed by atoms with van der Waals surface area (Å²) in [6, 6.07) is 6.69. The Balaban J connectivity index is 1.69. The van der Waals surface area contributed by atoms with Gasteiger partial charge < -0.3 is 10.1 Å². The van der Waals surface area contributed by atoms with Gasteiger partial charge in [0.1, 0.15) is 11.9 Å². The van der Waals surface area contributed by atoms with Crippen molar-refractivity contribution in [3.63, 3.8) is 0 Å². The Morgan fingerprint density at radius 2 is 1.94 bits per heavy atom. The van der Waals surface area contributed by atoms with Crippen molar-refractivity contribution >= 4 is 27.5 Å². The van der Waals surface area contributed by atoms with Gasteiger partial charge in [0.25, 0.3) is 0 Å². The van der Waals surface area contributed by atoms with Crippen LogP contribution in [0.2, 0.25) is 5.02 Å². The van der Waals surface area contributed by atoms with Gasteiger partial charge in [-0.25, -0.2) is 0 Å². The molecule has 0 aliphatic carbocycles. The van der Waals surface area contributed by atoms with Crippen molar-refractivity contribution in [1.29, 1.82) is 0 Å². The van der Waals surface area contributed by atoms with Crippen LogP contribution in [0, 0.1) is 0 Å². The van der Waals surface area contributed by atoms with E-state index in [0.29, 0.717) is 17.1 Å². The fourth-order valence-corrected chi connectivity index (χ4v) is 2.87. The van der Waals surface area contributed by atoms with E-state index in [-0.39, 0.29) is 6.10 Å². The Bertz CT molecular complexity index is 449. The number of halogens is 2. The zero-order valence-electron chi connectivity index (χ0n) is 9.20. The molecule has 0 spiro atoms. The van der Waals surface area contributed by atoms with Gasteiger partial charge in [-0.2, -0.15) is 0 Å². The maximum Gasteiger partial charge on any atom is 0.121 e. The standard InChI is InChI=1S/C13H13BrClNO/c14-12-4-3-10(7-13(12)15)17-11-5-8-1-2-9(6-11)16-8/h1-4,7-9,11,16H,5-6H2. The van der Waals surface area contributed by atoms with Crippen LogP contribution in [0.5, 0.6) is 5.75 Å². The topological polar surface area (TPSA) is 21.3 Å². The van der Waals surface area contributed by atoms with Gasteiger partial charge in [0.2, 0.25) is 0 Å². The third kappa shape index (κ3) is 2.51. The van der Waals surface area contributed by atoms with E-state index >= 15 is 0 Å². The summed E-state index contributed by atoms with van der Waals surface area (Å²) in [7, 11) is 0. The molecule has 0 radical (unpaired) electrons. The molecule has 2 unspecified atom stereocenters. The van der Waals surface area contributed by atoms with E-state index in [1.165, 1.54) is 0 Å². The molecule has 0 aromatic heterocycles. The zero-order valence-corrected chi connectivity index (χ0v) is 11.5. The first-order chi connectivity index (χ1) is 8.20. The molecule has 2 atom stereocenters. The molecule has 2 bridgehead atoms. The lowest BCUT2D eigenvalue weighted by molar-refractivity contribution is 0.142. The first-order valence-electron chi connectivity index (χ1n) is 5.77. The Hall–Kier alpha value is -0.510. The number of fused-ring (bicyclic) bond motifs is 2. The second kappa shape index (κ2) is 4.63. The van der Waals surface area contributed by atoms with Crippen molar-refractivity contribution in [2.45, 2.75) is 31.0 Å². The molecular weight excluding hydrogens is 302 g/mol. The van der Waals surface area contributed by atoms with Crippen LogP contribution in [0.3, 0.4) is 0 Å². The largest absolute Gasteiger partial charge is 0.490 e. The highest BCUT2D eigenvalue weighted by molar-refractivity contribution is 9.10. The monoisotopic (exact) mass is 313 g/mol. The molecule has 2 aliphatic heterocycles. The third-order valence-electron chi connectivity index (χ3n) is 3.23. The average Bonchev–Trinajstić information content (AvgIpc) is 2.64. The SMILES string of the molecule is Clc1cc(OC2CC3C=CC(C2)N3)ccc1Br. The predicted molar refractivity (Wildman–Crippen MR) is 72.7 cm³/mol. The van der Waals surface area contributed by atoms with Gasteiger partial charge in [0, 0.05) is 29.4 Å². The molecular formula is C13H13BrClNO. The fraction of sp³-hybridized carbons (Fsp3) is 0.385. The number of ether oxygens (including phenoxy) is 1. The number of piperidine rings is 1. The maximum absolute atomic E-state index is 6.05. The van der Waals surface area contributed by atoms with Gasteiger partial charge in [-0.15, -0.1) is 0 Å². The smallest absolute Gasteiger partial charge is 0.121 e. The molecule has 1 aromatic rings. The average molecular weight is 315 g/mol. The van der Waals surface area contributed by atoms with Crippen LogP contribution in [0.4, 0.5) is 0 Å². The van der Waals surface area contributed by atoms with Crippen molar-refractivity contribution in [3.8, 4) is 5.75 Å². The van der Waals surface area contributed by atoms with Crippen LogP contribution < -0.4 is 10.1 Å². The summed E-state index contributed by atoms with van der Waals surface area (Å²) in [5.74, 6) is 0.851. The number of hydrogen-bond donors (Lipinski definition) is 1. The molecule has 0 saturated carbocycles. The number of benzene rings is 1. The van der Waals surface area contributed by atoms with Gasteiger partial charge in [-0.3, -0.25) is 0 Å². The molecule has 2 nitrogen and oxygen atoms in total. The summed E-state index contributed by atoms with van der Waals surface area (Å²) in [5, 5.41) is 4.19. The minimum absolute atomic E-state index is 0.276. The van der Waals surface area contributed by atoms with Gasteiger partial charge >= 0.3 is 0 Å². The minimum atomic E-state index is 0.276. The van der Waals surface area contributed by atoms with E-state index in [1.54, 1.807) is 0 Å². The molecule has 1 N–H and O–H groups in total. The van der Waals surface area contributed by atoms with Gasteiger partial charge in [-0.05, 0) is 34.1 Å². The predicted octanol–water partition coefficient (Wildman–Crippen LogP) is 3.54. The molecule has 90 valence electrons. The summed E-state index contributed by atoms with van der Waals surface area (Å²) in [6.45, 7) is 0. The van der Waals surface area contributed by atoms with Crippen LogP contribution in [0.15, 0.2) is 34.8 Å². The van der Waals surface area contributed by atoms with Crippen molar-refractivity contribution in [2.24, 2.45) is 0 Å². The van der Waals surface area contributed by atoms with E-state index in [2.05, 4.69) is 33.4 Å². The van der Waals surface area contributed by atoms with Crippen LogP contribution in [0.1, 0.15) is 12.8 Å². The quantitative estimate of drug-likeness (QED) is 0.843. The summed E-state index contributed by atoms with van der Waals surface area (Å²) < 4.78 is 6.89. The Labute approximate surface area is 114 Å². The highest BCUT2D eigenvalue weighted by Gasteiger charge is 2.30. The molecule has 2 heterocycles. The number of hydrogen-bond acceptors (Lipinski definition) is 2. The summed E-state index contributed by atoms with van der Waals surface area (Å²) >= 11 is 9.43. The lowest BCUT2D eigenvalue weighted by Gasteiger charge is -2.29. The number of rotatable bonds is 2. The molecule has 1 saturated heterocycles. The van der Waals surface area contributed by atoms with E-state index in [4.69, 9.17) is 16.3 Å². The highest BCUT2D eigenvalue weighted by Crippen LogP contribution is 2.30. The third-order valence-corrected chi connectivity index (χ3v) is 4.46. The van der Waals surface area contributed by atoms with Crippen molar-refractivity contribution in [1.82, 2.24) is 5.32 Å². The highest BCUT2D eigenvalue weighted by atomic mass is 79.9. The van der Waals surface area contributed by atoms with Crippen molar-refractivity contribution < 1.29 is 4.74 Å². The molecule has 2 aliphatic rings. The first kappa shape index (κ1) is 11.6. The molecule has 4 heteroatoms. The zero-order chi connectivity index (χ0) is 11.8. The lowest BCUT2D eigenvalue weighted by atomic mass is 10.0. The fourth-order valence-electron chi connectivity index (χ4n) is 2.45. The maximum atomic E-state index is 6.05. The lowest BCUT2D eigenvalue weighted by Crippen LogP contribution is -2.43. The van der Waals surface area contributed by atoms with E-state index in [0.717, 1.165) is 23.1 Å². The molecule has 17 heavy (non-hydrogen) atoms. The molecule has 1 aromatic carbocycles. The van der Waals surface area contributed by atoms with E-state index in [1.807, 2.05) is 18.2 Å². The van der Waals surface area contributed by atoms with Crippen LogP contribution >= 0.6 is 27.5 Å². The first-order valence-corrected chi connectivity index (χ1v) is 6.94. The van der Waals surface area contributed by atoms with Gasteiger partial charge in [0.05, 0.1) is 5.02 Å². The molecule has 3 rings (SSSR count). The van der Waals surface area contributed by atoms with Crippen LogP contribution in [0.25, 0.3) is 0 Å².